The SMILES string of the molecule is COC(=O)CCn1c(SCC(=O)O)nc2cc(C)cnc21. The fourth-order valence-corrected chi connectivity index (χ4v) is 2.58. The lowest BCUT2D eigenvalue weighted by atomic mass is 10.3. The number of rotatable bonds is 6. The van der Waals surface area contributed by atoms with E-state index in [1.54, 1.807) is 10.8 Å². The van der Waals surface area contributed by atoms with Crippen LogP contribution >= 0.6 is 11.8 Å². The van der Waals surface area contributed by atoms with E-state index in [1.165, 1.54) is 7.11 Å². The predicted octanol–water partition coefficient (Wildman–Crippen LogP) is 1.48. The molecule has 0 saturated heterocycles. The monoisotopic (exact) mass is 309 g/mol. The number of pyridine rings is 1. The quantitative estimate of drug-likeness (QED) is 0.638. The third kappa shape index (κ3) is 3.72. The molecule has 2 rings (SSSR count). The Hall–Kier alpha value is -2.09. The van der Waals surface area contributed by atoms with Gasteiger partial charge in [0.25, 0.3) is 0 Å². The number of carbonyl (C=O) groups excluding carboxylic acids is 1. The second-order valence-electron chi connectivity index (χ2n) is 4.41. The number of aliphatic carboxylic acids is 1. The van der Waals surface area contributed by atoms with Crippen LogP contribution in [-0.2, 0) is 20.9 Å². The number of methoxy groups -OCH3 is 1. The normalized spacial score (nSPS) is 10.8. The van der Waals surface area contributed by atoms with Gasteiger partial charge in [-0.15, -0.1) is 0 Å². The molecule has 7 nitrogen and oxygen atoms in total. The highest BCUT2D eigenvalue weighted by Gasteiger charge is 2.15. The van der Waals surface area contributed by atoms with E-state index in [4.69, 9.17) is 5.11 Å². The number of hydrogen-bond donors (Lipinski definition) is 1. The summed E-state index contributed by atoms with van der Waals surface area (Å²) in [7, 11) is 1.33. The van der Waals surface area contributed by atoms with Crippen LogP contribution in [0, 0.1) is 6.92 Å². The summed E-state index contributed by atoms with van der Waals surface area (Å²) in [6.45, 7) is 2.26. The highest BCUT2D eigenvalue weighted by molar-refractivity contribution is 7.99. The van der Waals surface area contributed by atoms with Crippen LogP contribution in [0.2, 0.25) is 0 Å². The Bertz CT molecular complexity index is 683. The number of fused-ring (bicyclic) bond motifs is 1. The van der Waals surface area contributed by atoms with Gasteiger partial charge in [0.05, 0.1) is 19.3 Å². The number of carbonyl (C=O) groups is 2. The smallest absolute Gasteiger partial charge is 0.313 e. The number of ether oxygens (including phenoxy) is 1. The highest BCUT2D eigenvalue weighted by atomic mass is 32.2. The van der Waals surface area contributed by atoms with Gasteiger partial charge in [0.1, 0.15) is 5.52 Å². The van der Waals surface area contributed by atoms with Crippen LogP contribution in [0.25, 0.3) is 11.2 Å². The van der Waals surface area contributed by atoms with E-state index < -0.39 is 5.97 Å². The minimum absolute atomic E-state index is 0.0967. The Morgan fingerprint density at radius 1 is 1.48 bits per heavy atom. The molecule has 0 aromatic carbocycles. The van der Waals surface area contributed by atoms with E-state index in [1.807, 2.05) is 13.0 Å². The van der Waals surface area contributed by atoms with E-state index in [-0.39, 0.29) is 18.1 Å². The molecular formula is C13H15N3O4S. The molecule has 0 amide bonds. The molecule has 0 fully saturated rings. The molecule has 0 spiro atoms. The van der Waals surface area contributed by atoms with Gasteiger partial charge in [-0.05, 0) is 18.6 Å². The highest BCUT2D eigenvalue weighted by Crippen LogP contribution is 2.23. The minimum Gasteiger partial charge on any atom is -0.481 e. The van der Waals surface area contributed by atoms with Crippen molar-refractivity contribution in [3.05, 3.63) is 17.8 Å². The topological polar surface area (TPSA) is 94.3 Å². The first-order valence-corrected chi connectivity index (χ1v) is 7.24. The van der Waals surface area contributed by atoms with Gasteiger partial charge in [0, 0.05) is 12.7 Å². The second kappa shape index (κ2) is 6.57. The summed E-state index contributed by atoms with van der Waals surface area (Å²) in [5.41, 5.74) is 2.29. The molecule has 2 aromatic heterocycles. The zero-order valence-electron chi connectivity index (χ0n) is 11.7. The van der Waals surface area contributed by atoms with Crippen molar-refractivity contribution >= 4 is 34.9 Å². The first kappa shape index (κ1) is 15.3. The number of nitrogens with zero attached hydrogens (tertiary/aromatic N) is 3. The van der Waals surface area contributed by atoms with E-state index in [0.29, 0.717) is 22.9 Å². The summed E-state index contributed by atoms with van der Waals surface area (Å²) in [4.78, 5) is 30.7. The summed E-state index contributed by atoms with van der Waals surface area (Å²) in [5.74, 6) is -1.35. The maximum absolute atomic E-state index is 11.3. The Kier molecular flexibility index (Phi) is 4.79. The van der Waals surface area contributed by atoms with Crippen LogP contribution in [0.3, 0.4) is 0 Å². The maximum Gasteiger partial charge on any atom is 0.313 e. The lowest BCUT2D eigenvalue weighted by molar-refractivity contribution is -0.141. The summed E-state index contributed by atoms with van der Waals surface area (Å²) >= 11 is 1.11. The molecule has 0 bridgehead atoms. The van der Waals surface area contributed by atoms with Crippen LogP contribution in [0.1, 0.15) is 12.0 Å². The second-order valence-corrected chi connectivity index (χ2v) is 5.35. The number of esters is 1. The van der Waals surface area contributed by atoms with Gasteiger partial charge in [-0.1, -0.05) is 11.8 Å². The van der Waals surface area contributed by atoms with Crippen molar-refractivity contribution in [3.63, 3.8) is 0 Å². The summed E-state index contributed by atoms with van der Waals surface area (Å²) in [5, 5.41) is 9.33. The molecule has 112 valence electrons. The van der Waals surface area contributed by atoms with E-state index >= 15 is 0 Å². The molecule has 0 aliphatic carbocycles. The molecule has 8 heteroatoms. The van der Waals surface area contributed by atoms with Crippen LogP contribution in [0.5, 0.6) is 0 Å². The number of carboxylic acid groups (broad SMARTS) is 1. The third-order valence-electron chi connectivity index (χ3n) is 2.78. The van der Waals surface area contributed by atoms with Crippen molar-refractivity contribution in [2.75, 3.05) is 12.9 Å². The fourth-order valence-electron chi connectivity index (χ4n) is 1.83. The fraction of sp³-hybridized carbons (Fsp3) is 0.385. The van der Waals surface area contributed by atoms with Crippen molar-refractivity contribution in [1.29, 1.82) is 0 Å². The lowest BCUT2D eigenvalue weighted by Crippen LogP contribution is -2.09. The number of imidazole rings is 1. The Balaban J connectivity index is 2.34. The Morgan fingerprint density at radius 2 is 2.24 bits per heavy atom. The summed E-state index contributed by atoms with van der Waals surface area (Å²) in [6, 6.07) is 1.88. The molecule has 0 unspecified atom stereocenters. The third-order valence-corrected chi connectivity index (χ3v) is 3.74. The van der Waals surface area contributed by atoms with Crippen LogP contribution in [0.4, 0.5) is 0 Å². The molecule has 0 atom stereocenters. The largest absolute Gasteiger partial charge is 0.481 e. The van der Waals surface area contributed by atoms with Crippen molar-refractivity contribution in [2.45, 2.75) is 25.0 Å². The molecule has 21 heavy (non-hydrogen) atoms. The maximum atomic E-state index is 11.3. The van der Waals surface area contributed by atoms with Crippen molar-refractivity contribution in [1.82, 2.24) is 14.5 Å². The van der Waals surface area contributed by atoms with Crippen LogP contribution < -0.4 is 0 Å². The first-order chi connectivity index (χ1) is 10.0. The standard InChI is InChI=1S/C13H15N3O4S/c1-8-5-9-12(14-6-8)16(4-3-11(19)20-2)13(15-9)21-7-10(17)18/h5-6H,3-4,7H2,1-2H3,(H,17,18). The zero-order valence-corrected chi connectivity index (χ0v) is 12.5. The van der Waals surface area contributed by atoms with Gasteiger partial charge in [-0.2, -0.15) is 0 Å². The molecule has 2 aromatic rings. The van der Waals surface area contributed by atoms with E-state index in [9.17, 15) is 9.59 Å². The number of aromatic nitrogens is 3. The first-order valence-electron chi connectivity index (χ1n) is 6.25. The van der Waals surface area contributed by atoms with Gasteiger partial charge in [0.2, 0.25) is 0 Å². The summed E-state index contributed by atoms with van der Waals surface area (Å²) in [6.07, 6.45) is 1.89. The van der Waals surface area contributed by atoms with E-state index in [2.05, 4.69) is 14.7 Å². The Morgan fingerprint density at radius 3 is 2.90 bits per heavy atom. The van der Waals surface area contributed by atoms with Crippen LogP contribution in [-0.4, -0.2) is 44.4 Å². The molecule has 0 saturated carbocycles. The molecular weight excluding hydrogens is 294 g/mol. The van der Waals surface area contributed by atoms with Gasteiger partial charge in [-0.3, -0.25) is 9.59 Å². The van der Waals surface area contributed by atoms with E-state index in [0.717, 1.165) is 17.3 Å². The molecule has 2 heterocycles. The number of carboxylic acids is 1. The zero-order chi connectivity index (χ0) is 15.4. The van der Waals surface area contributed by atoms with Crippen molar-refractivity contribution < 1.29 is 19.4 Å². The average Bonchev–Trinajstić information content (AvgIpc) is 2.79. The summed E-state index contributed by atoms with van der Waals surface area (Å²) < 4.78 is 6.37. The van der Waals surface area contributed by atoms with Crippen LogP contribution in [0.15, 0.2) is 17.4 Å². The number of thioether (sulfide) groups is 1. The lowest BCUT2D eigenvalue weighted by Gasteiger charge is -2.06. The molecule has 0 radical (unpaired) electrons. The minimum atomic E-state index is -0.921. The van der Waals surface area contributed by atoms with Crippen molar-refractivity contribution in [3.8, 4) is 0 Å². The van der Waals surface area contributed by atoms with Crippen molar-refractivity contribution in [2.24, 2.45) is 0 Å². The average molecular weight is 309 g/mol. The van der Waals surface area contributed by atoms with Gasteiger partial charge < -0.3 is 14.4 Å². The molecule has 1 N–H and O–H groups in total. The number of aryl methyl sites for hydroxylation is 2. The van der Waals surface area contributed by atoms with Gasteiger partial charge in [-0.25, -0.2) is 9.97 Å². The Labute approximate surface area is 125 Å². The molecule has 0 aliphatic heterocycles. The predicted molar refractivity (Wildman–Crippen MR) is 77.3 cm³/mol. The van der Waals surface area contributed by atoms with Gasteiger partial charge >= 0.3 is 11.9 Å². The number of hydrogen-bond acceptors (Lipinski definition) is 6. The van der Waals surface area contributed by atoms with Gasteiger partial charge in [0.15, 0.2) is 10.8 Å². The molecule has 0 aliphatic rings.